The molecule has 0 radical (unpaired) electrons. The lowest BCUT2D eigenvalue weighted by Crippen LogP contribution is -3.05. The highest BCUT2D eigenvalue weighted by Crippen LogP contribution is 2.21. The van der Waals surface area contributed by atoms with Gasteiger partial charge in [-0.2, -0.15) is 0 Å². The van der Waals surface area contributed by atoms with Crippen LogP contribution in [-0.2, 0) is 6.54 Å². The van der Waals surface area contributed by atoms with Crippen LogP contribution in [-0.4, -0.2) is 35.2 Å². The normalized spacial score (nSPS) is 11.8. The molecule has 0 aliphatic carbocycles. The second-order valence-corrected chi connectivity index (χ2v) is 5.59. The number of aromatic amines is 1. The highest BCUT2D eigenvalue weighted by Gasteiger charge is 2.11. The molecule has 2 heterocycles. The van der Waals surface area contributed by atoms with Crippen molar-refractivity contribution >= 4 is 21.9 Å². The Labute approximate surface area is 121 Å². The number of hydrogen-bond donors (Lipinski definition) is 2. The molecule has 0 aliphatic rings. The van der Waals surface area contributed by atoms with Crippen molar-refractivity contribution in [3.8, 4) is 0 Å². The van der Waals surface area contributed by atoms with Crippen LogP contribution in [0.5, 0.6) is 0 Å². The Balaban J connectivity index is 2.04. The van der Waals surface area contributed by atoms with E-state index < -0.39 is 0 Å². The maximum atomic E-state index is 13.3. The van der Waals surface area contributed by atoms with Crippen LogP contribution in [0.25, 0.3) is 21.9 Å². The molecule has 3 aromatic rings. The summed E-state index contributed by atoms with van der Waals surface area (Å²) in [4.78, 5) is 21.2. The number of rotatable bonds is 4. The van der Waals surface area contributed by atoms with Gasteiger partial charge in [-0.05, 0) is 18.2 Å². The van der Waals surface area contributed by atoms with Crippen molar-refractivity contribution in [1.29, 1.82) is 0 Å². The first kappa shape index (κ1) is 13.8. The minimum atomic E-state index is -0.330. The molecule has 2 aromatic heterocycles. The minimum absolute atomic E-state index is 0.106. The van der Waals surface area contributed by atoms with Gasteiger partial charge in [0.2, 0.25) is 0 Å². The van der Waals surface area contributed by atoms with E-state index in [9.17, 15) is 9.18 Å². The monoisotopic (exact) mass is 289 g/mol. The fraction of sp³-hybridized carbons (Fsp3) is 0.333. The Morgan fingerprint density at radius 2 is 2.19 bits per heavy atom. The Bertz CT molecular complexity index is 850. The van der Waals surface area contributed by atoms with Gasteiger partial charge in [-0.25, -0.2) is 9.37 Å². The molecule has 110 valence electrons. The average Bonchev–Trinajstić information content (AvgIpc) is 2.80. The number of halogens is 1. The molecule has 1 aromatic carbocycles. The number of fused-ring (bicyclic) bond motifs is 3. The topological polar surface area (TPSA) is 55.1 Å². The second-order valence-electron chi connectivity index (χ2n) is 5.59. The zero-order valence-electron chi connectivity index (χ0n) is 12.1. The number of hydrogen-bond acceptors (Lipinski definition) is 2. The van der Waals surface area contributed by atoms with Gasteiger partial charge in [0.15, 0.2) is 0 Å². The Morgan fingerprint density at radius 3 is 2.95 bits per heavy atom. The molecule has 0 spiro atoms. The third-order valence-electron chi connectivity index (χ3n) is 3.61. The molecule has 0 atom stereocenters. The van der Waals surface area contributed by atoms with Gasteiger partial charge in [0.05, 0.1) is 27.0 Å². The fourth-order valence-corrected chi connectivity index (χ4v) is 2.52. The molecule has 5 nitrogen and oxygen atoms in total. The third kappa shape index (κ3) is 2.54. The first-order valence-electron chi connectivity index (χ1n) is 7.01. The maximum absolute atomic E-state index is 13.3. The molecule has 0 saturated carbocycles. The lowest BCUT2D eigenvalue weighted by molar-refractivity contribution is -0.858. The van der Waals surface area contributed by atoms with Gasteiger partial charge in [0.1, 0.15) is 16.9 Å². The van der Waals surface area contributed by atoms with E-state index in [1.165, 1.54) is 17.0 Å². The van der Waals surface area contributed by atoms with Gasteiger partial charge in [-0.3, -0.25) is 9.36 Å². The van der Waals surface area contributed by atoms with E-state index in [0.717, 1.165) is 18.5 Å². The van der Waals surface area contributed by atoms with E-state index in [-0.39, 0.29) is 11.4 Å². The van der Waals surface area contributed by atoms with Crippen LogP contribution in [0.1, 0.15) is 6.42 Å². The molecule has 0 fully saturated rings. The van der Waals surface area contributed by atoms with Crippen molar-refractivity contribution in [2.24, 2.45) is 0 Å². The molecule has 0 aliphatic heterocycles. The van der Waals surface area contributed by atoms with Gasteiger partial charge in [-0.1, -0.05) is 0 Å². The Hall–Kier alpha value is -2.21. The van der Waals surface area contributed by atoms with Crippen LogP contribution < -0.4 is 10.5 Å². The van der Waals surface area contributed by atoms with Crippen LogP contribution >= 0.6 is 0 Å². The van der Waals surface area contributed by atoms with E-state index in [0.29, 0.717) is 23.0 Å². The summed E-state index contributed by atoms with van der Waals surface area (Å²) >= 11 is 0. The quantitative estimate of drug-likeness (QED) is 0.737. The SMILES string of the molecule is C[NH+](C)CCCn1cnc2c([nH]c3ccc(F)cc32)c1=O. The number of H-pyrrole nitrogens is 1. The summed E-state index contributed by atoms with van der Waals surface area (Å²) in [5.74, 6) is -0.330. The van der Waals surface area contributed by atoms with Gasteiger partial charge in [0, 0.05) is 23.9 Å². The molecule has 2 N–H and O–H groups in total. The van der Waals surface area contributed by atoms with Gasteiger partial charge in [0.25, 0.3) is 5.56 Å². The number of quaternary nitrogens is 1. The van der Waals surface area contributed by atoms with Crippen molar-refractivity contribution in [1.82, 2.24) is 14.5 Å². The number of nitrogens with one attached hydrogen (secondary N) is 2. The number of nitrogens with zero attached hydrogens (tertiary/aromatic N) is 2. The molecule has 3 rings (SSSR count). The van der Waals surface area contributed by atoms with E-state index in [2.05, 4.69) is 24.1 Å². The number of benzene rings is 1. The molecule has 0 amide bonds. The van der Waals surface area contributed by atoms with E-state index in [1.807, 2.05) is 0 Å². The number of aryl methyl sites for hydroxylation is 1. The molecule has 0 unspecified atom stereocenters. The van der Waals surface area contributed by atoms with Crippen molar-refractivity contribution in [3.63, 3.8) is 0 Å². The predicted molar refractivity (Wildman–Crippen MR) is 80.1 cm³/mol. The van der Waals surface area contributed by atoms with Gasteiger partial charge >= 0.3 is 0 Å². The van der Waals surface area contributed by atoms with Gasteiger partial charge < -0.3 is 9.88 Å². The highest BCUT2D eigenvalue weighted by atomic mass is 19.1. The minimum Gasteiger partial charge on any atom is -0.349 e. The summed E-state index contributed by atoms with van der Waals surface area (Å²) in [6.07, 6.45) is 2.46. The van der Waals surface area contributed by atoms with E-state index >= 15 is 0 Å². The molecule has 0 saturated heterocycles. The first-order valence-corrected chi connectivity index (χ1v) is 7.01. The Morgan fingerprint density at radius 1 is 1.38 bits per heavy atom. The standard InChI is InChI=1S/C15H17FN4O/c1-19(2)6-3-7-20-9-17-13-11-8-10(16)4-5-12(11)18-14(13)15(20)21/h4-5,8-9,18H,3,6-7H2,1-2H3/p+1. The highest BCUT2D eigenvalue weighted by molar-refractivity contribution is 6.04. The van der Waals surface area contributed by atoms with Crippen molar-refractivity contribution in [3.05, 3.63) is 40.7 Å². The molecular formula is C15H18FN4O+. The maximum Gasteiger partial charge on any atom is 0.277 e. The van der Waals surface area contributed by atoms with Crippen LogP contribution in [0.2, 0.25) is 0 Å². The van der Waals surface area contributed by atoms with Gasteiger partial charge in [-0.15, -0.1) is 0 Å². The Kier molecular flexibility index (Phi) is 3.47. The third-order valence-corrected chi connectivity index (χ3v) is 3.61. The van der Waals surface area contributed by atoms with Crippen molar-refractivity contribution in [2.75, 3.05) is 20.6 Å². The summed E-state index contributed by atoms with van der Waals surface area (Å²) in [6.45, 7) is 1.62. The predicted octanol–water partition coefficient (Wildman–Crippen LogP) is 0.552. The molecule has 6 heteroatoms. The number of aromatic nitrogens is 3. The van der Waals surface area contributed by atoms with Crippen molar-refractivity contribution in [2.45, 2.75) is 13.0 Å². The smallest absolute Gasteiger partial charge is 0.277 e. The fourth-order valence-electron chi connectivity index (χ4n) is 2.52. The van der Waals surface area contributed by atoms with Crippen LogP contribution in [0, 0.1) is 5.82 Å². The largest absolute Gasteiger partial charge is 0.349 e. The molecule has 21 heavy (non-hydrogen) atoms. The first-order chi connectivity index (χ1) is 10.1. The summed E-state index contributed by atoms with van der Waals surface area (Å²) in [5, 5.41) is 0.645. The lowest BCUT2D eigenvalue weighted by Gasteiger charge is -2.08. The lowest BCUT2D eigenvalue weighted by atomic mass is 10.2. The zero-order chi connectivity index (χ0) is 15.0. The zero-order valence-corrected chi connectivity index (χ0v) is 12.1. The summed E-state index contributed by atoms with van der Waals surface area (Å²) in [6, 6.07) is 4.40. The summed E-state index contributed by atoms with van der Waals surface area (Å²) in [7, 11) is 4.16. The van der Waals surface area contributed by atoms with E-state index in [4.69, 9.17) is 0 Å². The van der Waals surface area contributed by atoms with E-state index in [1.54, 1.807) is 17.0 Å². The average molecular weight is 289 g/mol. The second kappa shape index (κ2) is 5.29. The molecule has 0 bridgehead atoms. The summed E-state index contributed by atoms with van der Waals surface area (Å²) < 4.78 is 14.9. The van der Waals surface area contributed by atoms with Crippen LogP contribution in [0.15, 0.2) is 29.3 Å². The van der Waals surface area contributed by atoms with Crippen LogP contribution in [0.4, 0.5) is 4.39 Å². The van der Waals surface area contributed by atoms with Crippen molar-refractivity contribution < 1.29 is 9.29 Å². The molecular weight excluding hydrogens is 271 g/mol. The summed E-state index contributed by atoms with van der Waals surface area (Å²) in [5.41, 5.74) is 1.59. The van der Waals surface area contributed by atoms with Crippen LogP contribution in [0.3, 0.4) is 0 Å².